The molecular weight excluding hydrogens is 315 g/mol. The average Bonchev–Trinajstić information content (AvgIpc) is 2.93. The van der Waals surface area contributed by atoms with Crippen molar-refractivity contribution in [3.63, 3.8) is 0 Å². The first-order valence-electron chi connectivity index (χ1n) is 7.60. The Morgan fingerprint density at radius 2 is 2.38 bits per heavy atom. The normalized spacial score (nSPS) is 16.0. The van der Waals surface area contributed by atoms with Gasteiger partial charge in [0, 0.05) is 25.2 Å². The number of hydrogen-bond donors (Lipinski definition) is 2. The maximum atomic E-state index is 13.5. The Bertz CT molecular complexity index is 747. The first-order chi connectivity index (χ1) is 11.6. The van der Waals surface area contributed by atoms with E-state index in [9.17, 15) is 9.18 Å². The highest BCUT2D eigenvalue weighted by molar-refractivity contribution is 5.74. The maximum absolute atomic E-state index is 13.5. The summed E-state index contributed by atoms with van der Waals surface area (Å²) >= 11 is 0. The van der Waals surface area contributed by atoms with Crippen molar-refractivity contribution < 1.29 is 18.7 Å². The predicted octanol–water partition coefficient (Wildman–Crippen LogP) is 1.89. The van der Waals surface area contributed by atoms with Crippen LogP contribution in [0.4, 0.5) is 9.18 Å². The number of halogens is 1. The molecule has 0 saturated heterocycles. The quantitative estimate of drug-likeness (QED) is 0.895. The van der Waals surface area contributed by atoms with E-state index in [1.54, 1.807) is 24.0 Å². The average molecular weight is 334 g/mol. The third-order valence-electron chi connectivity index (χ3n) is 3.82. The predicted molar refractivity (Wildman–Crippen MR) is 84.4 cm³/mol. The van der Waals surface area contributed by atoms with Gasteiger partial charge in [0.2, 0.25) is 5.88 Å². The molecule has 0 saturated carbocycles. The molecule has 0 aliphatic carbocycles. The van der Waals surface area contributed by atoms with Gasteiger partial charge in [0.1, 0.15) is 11.6 Å². The van der Waals surface area contributed by atoms with Crippen LogP contribution in [0.1, 0.15) is 23.6 Å². The van der Waals surface area contributed by atoms with Crippen LogP contribution >= 0.6 is 0 Å². The van der Waals surface area contributed by atoms with Crippen molar-refractivity contribution >= 4 is 6.03 Å². The number of rotatable bonds is 4. The van der Waals surface area contributed by atoms with E-state index in [2.05, 4.69) is 15.7 Å². The molecular formula is C16H19FN4O3. The first-order valence-corrected chi connectivity index (χ1v) is 7.60. The number of amides is 2. The van der Waals surface area contributed by atoms with Gasteiger partial charge < -0.3 is 20.1 Å². The standard InChI is InChI=1S/C16H19FN4O3/c1-21-9-10(15(20-21)23-2)8-18-16(22)19-13-5-6-24-14-4-3-11(17)7-12(13)14/h3-4,7,9,13H,5-6,8H2,1-2H3,(H2,18,19,22). The molecule has 1 aromatic carbocycles. The Morgan fingerprint density at radius 3 is 3.17 bits per heavy atom. The van der Waals surface area contributed by atoms with E-state index in [0.29, 0.717) is 30.2 Å². The fourth-order valence-electron chi connectivity index (χ4n) is 2.71. The maximum Gasteiger partial charge on any atom is 0.315 e. The third-order valence-corrected chi connectivity index (χ3v) is 3.82. The van der Waals surface area contributed by atoms with E-state index in [1.165, 1.54) is 19.2 Å². The molecule has 1 aromatic heterocycles. The summed E-state index contributed by atoms with van der Waals surface area (Å²) in [5.74, 6) is 0.713. The summed E-state index contributed by atoms with van der Waals surface area (Å²) in [4.78, 5) is 12.2. The van der Waals surface area contributed by atoms with E-state index < -0.39 is 0 Å². The number of ether oxygens (including phenoxy) is 2. The molecule has 7 nitrogen and oxygen atoms in total. The lowest BCUT2D eigenvalue weighted by atomic mass is 10.0. The van der Waals surface area contributed by atoms with Gasteiger partial charge in [-0.25, -0.2) is 9.18 Å². The molecule has 1 aliphatic rings. The van der Waals surface area contributed by atoms with Crippen LogP contribution in [0.2, 0.25) is 0 Å². The van der Waals surface area contributed by atoms with Crippen LogP contribution in [-0.4, -0.2) is 29.5 Å². The van der Waals surface area contributed by atoms with Crippen LogP contribution in [0, 0.1) is 5.82 Å². The molecule has 2 N–H and O–H groups in total. The number of aryl methyl sites for hydroxylation is 1. The number of benzene rings is 1. The van der Waals surface area contributed by atoms with Crippen molar-refractivity contribution in [3.05, 3.63) is 41.3 Å². The van der Waals surface area contributed by atoms with Crippen LogP contribution in [0.15, 0.2) is 24.4 Å². The molecule has 1 unspecified atom stereocenters. The molecule has 2 aromatic rings. The van der Waals surface area contributed by atoms with E-state index in [4.69, 9.17) is 9.47 Å². The summed E-state index contributed by atoms with van der Waals surface area (Å²) in [5, 5.41) is 9.74. The smallest absolute Gasteiger partial charge is 0.315 e. The lowest BCUT2D eigenvalue weighted by Crippen LogP contribution is -2.39. The monoisotopic (exact) mass is 334 g/mol. The van der Waals surface area contributed by atoms with Gasteiger partial charge in [-0.15, -0.1) is 5.10 Å². The Kier molecular flexibility index (Phi) is 4.54. The Morgan fingerprint density at radius 1 is 1.54 bits per heavy atom. The summed E-state index contributed by atoms with van der Waals surface area (Å²) in [6.07, 6.45) is 2.36. The molecule has 128 valence electrons. The van der Waals surface area contributed by atoms with Crippen LogP contribution in [-0.2, 0) is 13.6 Å². The van der Waals surface area contributed by atoms with E-state index in [-0.39, 0.29) is 24.4 Å². The fraction of sp³-hybridized carbons (Fsp3) is 0.375. The van der Waals surface area contributed by atoms with Gasteiger partial charge in [-0.1, -0.05) is 0 Å². The second-order valence-corrected chi connectivity index (χ2v) is 5.54. The SMILES string of the molecule is COc1nn(C)cc1CNC(=O)NC1CCOc2ccc(F)cc21. The zero-order valence-corrected chi connectivity index (χ0v) is 13.5. The topological polar surface area (TPSA) is 77.4 Å². The highest BCUT2D eigenvalue weighted by Crippen LogP contribution is 2.32. The zero-order chi connectivity index (χ0) is 17.1. The van der Waals surface area contributed by atoms with Crippen LogP contribution in [0.3, 0.4) is 0 Å². The van der Waals surface area contributed by atoms with E-state index >= 15 is 0 Å². The number of hydrogen-bond acceptors (Lipinski definition) is 4. The number of urea groups is 1. The van der Waals surface area contributed by atoms with Gasteiger partial charge >= 0.3 is 6.03 Å². The van der Waals surface area contributed by atoms with Crippen molar-refractivity contribution in [2.45, 2.75) is 19.0 Å². The van der Waals surface area contributed by atoms with Gasteiger partial charge in [0.15, 0.2) is 0 Å². The Labute approximate surface area is 138 Å². The second kappa shape index (κ2) is 6.77. The molecule has 2 heterocycles. The molecule has 3 rings (SSSR count). The molecule has 0 bridgehead atoms. The minimum absolute atomic E-state index is 0.280. The lowest BCUT2D eigenvalue weighted by molar-refractivity contribution is 0.222. The van der Waals surface area contributed by atoms with Gasteiger partial charge in [-0.05, 0) is 18.2 Å². The summed E-state index contributed by atoms with van der Waals surface area (Å²) in [6, 6.07) is 3.68. The van der Waals surface area contributed by atoms with Crippen molar-refractivity contribution in [3.8, 4) is 11.6 Å². The minimum Gasteiger partial charge on any atom is -0.493 e. The number of nitrogens with zero attached hydrogens (tertiary/aromatic N) is 2. The highest BCUT2D eigenvalue weighted by atomic mass is 19.1. The fourth-order valence-corrected chi connectivity index (χ4v) is 2.71. The first kappa shape index (κ1) is 16.1. The Balaban J connectivity index is 1.63. The molecule has 1 aliphatic heterocycles. The number of carbonyl (C=O) groups excluding carboxylic acids is 1. The van der Waals surface area contributed by atoms with Crippen molar-refractivity contribution in [1.29, 1.82) is 0 Å². The number of fused-ring (bicyclic) bond motifs is 1. The number of methoxy groups -OCH3 is 1. The number of nitrogens with one attached hydrogen (secondary N) is 2. The van der Waals surface area contributed by atoms with Crippen molar-refractivity contribution in [1.82, 2.24) is 20.4 Å². The molecule has 0 fully saturated rings. The van der Waals surface area contributed by atoms with Crippen LogP contribution in [0.5, 0.6) is 11.6 Å². The summed E-state index contributed by atoms with van der Waals surface area (Å²) in [6.45, 7) is 0.752. The molecule has 8 heteroatoms. The largest absolute Gasteiger partial charge is 0.493 e. The van der Waals surface area contributed by atoms with Crippen molar-refractivity contribution in [2.75, 3.05) is 13.7 Å². The van der Waals surface area contributed by atoms with Gasteiger partial charge in [0.25, 0.3) is 0 Å². The molecule has 24 heavy (non-hydrogen) atoms. The molecule has 0 spiro atoms. The number of carbonyl (C=O) groups is 1. The lowest BCUT2D eigenvalue weighted by Gasteiger charge is -2.26. The van der Waals surface area contributed by atoms with E-state index in [1.807, 2.05) is 0 Å². The van der Waals surface area contributed by atoms with Gasteiger partial charge in [-0.3, -0.25) is 4.68 Å². The van der Waals surface area contributed by atoms with Crippen LogP contribution in [0.25, 0.3) is 0 Å². The van der Waals surface area contributed by atoms with Gasteiger partial charge in [0.05, 0.1) is 31.9 Å². The zero-order valence-electron chi connectivity index (χ0n) is 13.5. The minimum atomic E-state index is -0.355. The highest BCUT2D eigenvalue weighted by Gasteiger charge is 2.23. The summed E-state index contributed by atoms with van der Waals surface area (Å²) in [5.41, 5.74) is 1.42. The van der Waals surface area contributed by atoms with Crippen LogP contribution < -0.4 is 20.1 Å². The number of aromatic nitrogens is 2. The van der Waals surface area contributed by atoms with Gasteiger partial charge in [-0.2, -0.15) is 0 Å². The van der Waals surface area contributed by atoms with E-state index in [0.717, 1.165) is 5.56 Å². The summed E-state index contributed by atoms with van der Waals surface area (Å²) < 4.78 is 25.7. The summed E-state index contributed by atoms with van der Waals surface area (Å²) in [7, 11) is 3.30. The second-order valence-electron chi connectivity index (χ2n) is 5.54. The molecule has 2 amide bonds. The Hall–Kier alpha value is -2.77. The van der Waals surface area contributed by atoms with Crippen molar-refractivity contribution in [2.24, 2.45) is 7.05 Å². The molecule has 0 radical (unpaired) electrons. The molecule has 1 atom stereocenters. The third kappa shape index (κ3) is 3.42.